The molecular weight excluding hydrogens is 279 g/mol. The summed E-state index contributed by atoms with van der Waals surface area (Å²) in [5.41, 5.74) is 2.61. The van der Waals surface area contributed by atoms with Crippen LogP contribution in [0.4, 0.5) is 0 Å². The number of aryl methyl sites for hydroxylation is 1. The van der Waals surface area contributed by atoms with E-state index in [4.69, 9.17) is 23.2 Å². The Morgan fingerprint density at radius 3 is 2.37 bits per heavy atom. The van der Waals surface area contributed by atoms with Crippen LogP contribution in [0.1, 0.15) is 21.5 Å². The van der Waals surface area contributed by atoms with Crippen LogP contribution < -0.4 is 0 Å². The molecule has 19 heavy (non-hydrogen) atoms. The highest BCUT2D eigenvalue weighted by Crippen LogP contribution is 2.21. The van der Waals surface area contributed by atoms with E-state index in [1.165, 1.54) is 11.6 Å². The van der Waals surface area contributed by atoms with Gasteiger partial charge in [-0.2, -0.15) is 0 Å². The second kappa shape index (κ2) is 6.05. The summed E-state index contributed by atoms with van der Waals surface area (Å²) in [5, 5.41) is 0.884. The minimum absolute atomic E-state index is 0.137. The molecular formula is C16H12Cl2O. The minimum Gasteiger partial charge on any atom is -0.289 e. The third-order valence-electron chi connectivity index (χ3n) is 2.70. The summed E-state index contributed by atoms with van der Waals surface area (Å²) < 4.78 is 0. The first kappa shape index (κ1) is 13.9. The predicted octanol–water partition coefficient (Wildman–Crippen LogP) is 5.20. The molecule has 2 aromatic carbocycles. The lowest BCUT2D eigenvalue weighted by molar-refractivity contribution is 0.104. The highest BCUT2D eigenvalue weighted by atomic mass is 35.5. The Labute approximate surface area is 122 Å². The van der Waals surface area contributed by atoms with E-state index in [2.05, 4.69) is 0 Å². The molecule has 0 saturated heterocycles. The van der Waals surface area contributed by atoms with Crippen molar-refractivity contribution in [1.82, 2.24) is 0 Å². The van der Waals surface area contributed by atoms with Crippen molar-refractivity contribution in [2.75, 3.05) is 0 Å². The molecule has 0 bridgehead atoms. The lowest BCUT2D eigenvalue weighted by Gasteiger charge is -2.00. The van der Waals surface area contributed by atoms with Crippen molar-refractivity contribution in [2.45, 2.75) is 6.92 Å². The molecule has 1 nitrogen and oxygen atoms in total. The van der Waals surface area contributed by atoms with Gasteiger partial charge in [0.15, 0.2) is 5.78 Å². The van der Waals surface area contributed by atoms with Crippen molar-refractivity contribution in [3.63, 3.8) is 0 Å². The van der Waals surface area contributed by atoms with Gasteiger partial charge >= 0.3 is 0 Å². The summed E-state index contributed by atoms with van der Waals surface area (Å²) in [4.78, 5) is 12.0. The number of hydrogen-bond donors (Lipinski definition) is 0. The molecule has 0 atom stereocenters. The molecule has 0 aliphatic rings. The molecule has 0 fully saturated rings. The summed E-state index contributed by atoms with van der Waals surface area (Å²) in [5.74, 6) is -0.137. The zero-order valence-corrected chi connectivity index (χ0v) is 11.9. The molecule has 0 saturated carbocycles. The highest BCUT2D eigenvalue weighted by molar-refractivity contribution is 6.37. The number of carbonyl (C=O) groups is 1. The molecule has 0 heterocycles. The minimum atomic E-state index is -0.137. The summed E-state index contributed by atoms with van der Waals surface area (Å²) in [6, 6.07) is 12.8. The van der Waals surface area contributed by atoms with E-state index in [0.717, 1.165) is 5.56 Å². The van der Waals surface area contributed by atoms with Gasteiger partial charge in [-0.3, -0.25) is 4.79 Å². The van der Waals surface area contributed by atoms with Crippen LogP contribution in [0.5, 0.6) is 0 Å². The van der Waals surface area contributed by atoms with Crippen molar-refractivity contribution < 1.29 is 4.79 Å². The normalized spacial score (nSPS) is 10.9. The first-order chi connectivity index (χ1) is 9.06. The fourth-order valence-corrected chi connectivity index (χ4v) is 2.13. The number of carbonyl (C=O) groups excluding carboxylic acids is 1. The van der Waals surface area contributed by atoms with E-state index in [1.807, 2.05) is 31.2 Å². The standard InChI is InChI=1S/C16H12Cl2O/c1-11-2-4-12(5-3-11)6-9-16(19)14-8-7-13(17)10-15(14)18/h2-10H,1H3. The van der Waals surface area contributed by atoms with E-state index in [0.29, 0.717) is 15.6 Å². The molecule has 0 radical (unpaired) electrons. The number of ketones is 1. The molecule has 0 amide bonds. The molecule has 3 heteroatoms. The van der Waals surface area contributed by atoms with Crippen molar-refractivity contribution in [2.24, 2.45) is 0 Å². The van der Waals surface area contributed by atoms with Gasteiger partial charge in [0.05, 0.1) is 5.02 Å². The van der Waals surface area contributed by atoms with E-state index in [9.17, 15) is 4.79 Å². The van der Waals surface area contributed by atoms with Crippen molar-refractivity contribution in [3.8, 4) is 0 Å². The van der Waals surface area contributed by atoms with Crippen LogP contribution in [-0.4, -0.2) is 5.78 Å². The lowest BCUT2D eigenvalue weighted by Crippen LogP contribution is -1.95. The largest absolute Gasteiger partial charge is 0.289 e. The van der Waals surface area contributed by atoms with Crippen LogP contribution in [-0.2, 0) is 0 Å². The fraction of sp³-hybridized carbons (Fsp3) is 0.0625. The number of hydrogen-bond acceptors (Lipinski definition) is 1. The maximum absolute atomic E-state index is 12.0. The third kappa shape index (κ3) is 3.69. The van der Waals surface area contributed by atoms with Crippen LogP contribution in [0.2, 0.25) is 10.0 Å². The maximum atomic E-state index is 12.0. The quantitative estimate of drug-likeness (QED) is 0.561. The van der Waals surface area contributed by atoms with E-state index < -0.39 is 0 Å². The first-order valence-corrected chi connectivity index (χ1v) is 6.56. The molecule has 0 aromatic heterocycles. The second-order valence-corrected chi connectivity index (χ2v) is 5.08. The predicted molar refractivity (Wildman–Crippen MR) is 81.0 cm³/mol. The lowest BCUT2D eigenvalue weighted by atomic mass is 10.1. The van der Waals surface area contributed by atoms with Crippen LogP contribution in [0.25, 0.3) is 6.08 Å². The van der Waals surface area contributed by atoms with Gasteiger partial charge in [-0.25, -0.2) is 0 Å². The summed E-state index contributed by atoms with van der Waals surface area (Å²) >= 11 is 11.8. The number of rotatable bonds is 3. The summed E-state index contributed by atoms with van der Waals surface area (Å²) in [6.45, 7) is 2.02. The third-order valence-corrected chi connectivity index (χ3v) is 3.25. The fourth-order valence-electron chi connectivity index (χ4n) is 1.63. The Balaban J connectivity index is 2.18. The Morgan fingerprint density at radius 2 is 1.74 bits per heavy atom. The average molecular weight is 291 g/mol. The number of benzene rings is 2. The Bertz CT molecular complexity index is 628. The van der Waals surface area contributed by atoms with Gasteiger partial charge in [-0.15, -0.1) is 0 Å². The Morgan fingerprint density at radius 1 is 1.05 bits per heavy atom. The first-order valence-electron chi connectivity index (χ1n) is 5.80. The van der Waals surface area contributed by atoms with Crippen molar-refractivity contribution >= 4 is 35.1 Å². The van der Waals surface area contributed by atoms with Crippen LogP contribution in [0.3, 0.4) is 0 Å². The molecule has 0 aliphatic carbocycles. The highest BCUT2D eigenvalue weighted by Gasteiger charge is 2.07. The van der Waals surface area contributed by atoms with Gasteiger partial charge < -0.3 is 0 Å². The van der Waals surface area contributed by atoms with Crippen LogP contribution in [0, 0.1) is 6.92 Å². The number of allylic oxidation sites excluding steroid dienone is 1. The summed E-state index contributed by atoms with van der Waals surface area (Å²) in [6.07, 6.45) is 3.28. The molecule has 0 N–H and O–H groups in total. The molecule has 96 valence electrons. The second-order valence-electron chi connectivity index (χ2n) is 4.23. The topological polar surface area (TPSA) is 17.1 Å². The zero-order chi connectivity index (χ0) is 13.8. The van der Waals surface area contributed by atoms with E-state index >= 15 is 0 Å². The summed E-state index contributed by atoms with van der Waals surface area (Å²) in [7, 11) is 0. The Kier molecular flexibility index (Phi) is 4.41. The van der Waals surface area contributed by atoms with Crippen molar-refractivity contribution in [1.29, 1.82) is 0 Å². The Hall–Kier alpha value is -1.57. The van der Waals surface area contributed by atoms with Gasteiger partial charge in [-0.05, 0) is 36.8 Å². The van der Waals surface area contributed by atoms with E-state index in [1.54, 1.807) is 24.3 Å². The van der Waals surface area contributed by atoms with Gasteiger partial charge in [0.2, 0.25) is 0 Å². The van der Waals surface area contributed by atoms with Gasteiger partial charge in [0.25, 0.3) is 0 Å². The number of halogens is 2. The van der Waals surface area contributed by atoms with Gasteiger partial charge in [0, 0.05) is 10.6 Å². The molecule has 0 unspecified atom stereocenters. The van der Waals surface area contributed by atoms with Crippen LogP contribution in [0.15, 0.2) is 48.5 Å². The monoisotopic (exact) mass is 290 g/mol. The average Bonchev–Trinajstić information content (AvgIpc) is 2.37. The SMILES string of the molecule is Cc1ccc(C=CC(=O)c2ccc(Cl)cc2Cl)cc1. The molecule has 2 rings (SSSR count). The molecule has 0 spiro atoms. The van der Waals surface area contributed by atoms with Crippen molar-refractivity contribution in [3.05, 3.63) is 75.3 Å². The van der Waals surface area contributed by atoms with Gasteiger partial charge in [0.1, 0.15) is 0 Å². The smallest absolute Gasteiger partial charge is 0.187 e. The van der Waals surface area contributed by atoms with Gasteiger partial charge in [-0.1, -0.05) is 59.1 Å². The van der Waals surface area contributed by atoms with Crippen LogP contribution >= 0.6 is 23.2 Å². The van der Waals surface area contributed by atoms with E-state index in [-0.39, 0.29) is 5.78 Å². The molecule has 2 aromatic rings. The maximum Gasteiger partial charge on any atom is 0.187 e. The zero-order valence-electron chi connectivity index (χ0n) is 10.4. The molecule has 0 aliphatic heterocycles.